The molecule has 64 valence electrons. The number of rotatable bonds is 2. The van der Waals surface area contributed by atoms with Crippen LogP contribution in [0.15, 0.2) is 24.4 Å². The van der Waals surface area contributed by atoms with Crippen LogP contribution < -0.4 is 9.25 Å². The lowest BCUT2D eigenvalue weighted by Gasteiger charge is -2.18. The van der Waals surface area contributed by atoms with Gasteiger partial charge < -0.3 is 30.5 Å². The second-order valence-electron chi connectivity index (χ2n) is 2.03. The Labute approximate surface area is 81.0 Å². The topological polar surface area (TPSA) is 51.0 Å². The van der Waals surface area contributed by atoms with Crippen LogP contribution >= 0.6 is 0 Å². The summed E-state index contributed by atoms with van der Waals surface area (Å²) in [4.78, 5) is 16.3. The SMILES string of the molecule is O=C(c1ccccn1)[NH+]([S-])[NH2+][S-]. The fourth-order valence-electron chi connectivity index (χ4n) is 0.677. The van der Waals surface area contributed by atoms with Crippen molar-refractivity contribution >= 4 is 31.5 Å². The van der Waals surface area contributed by atoms with Crippen molar-refractivity contribution in [1.82, 2.24) is 4.98 Å². The molecule has 6 heteroatoms. The van der Waals surface area contributed by atoms with Crippen LogP contribution in [-0.4, -0.2) is 10.9 Å². The Morgan fingerprint density at radius 1 is 1.58 bits per heavy atom. The highest BCUT2D eigenvalue weighted by Gasteiger charge is 2.12. The van der Waals surface area contributed by atoms with Crippen LogP contribution in [0, 0.1) is 0 Å². The van der Waals surface area contributed by atoms with E-state index in [1.807, 2.05) is 0 Å². The van der Waals surface area contributed by atoms with Crippen molar-refractivity contribution < 1.29 is 14.0 Å². The van der Waals surface area contributed by atoms with Crippen molar-refractivity contribution in [3.05, 3.63) is 30.1 Å². The Balaban J connectivity index is 2.79. The number of amides is 1. The highest BCUT2D eigenvalue weighted by Crippen LogP contribution is 1.88. The molecular weight excluding hydrogens is 194 g/mol. The number of nitrogens with zero attached hydrogens (tertiary/aromatic N) is 1. The summed E-state index contributed by atoms with van der Waals surface area (Å²) in [5.74, 6) is -0.291. The molecule has 3 N–H and O–H groups in total. The first kappa shape index (κ1) is 9.53. The lowest BCUT2D eigenvalue weighted by Crippen LogP contribution is -3.44. The van der Waals surface area contributed by atoms with Crippen LogP contribution in [0.5, 0.6) is 0 Å². The van der Waals surface area contributed by atoms with Crippen molar-refractivity contribution in [1.29, 1.82) is 0 Å². The minimum Gasteiger partial charge on any atom is -0.437 e. The molecule has 1 rings (SSSR count). The summed E-state index contributed by atoms with van der Waals surface area (Å²) in [6.45, 7) is 0. The van der Waals surface area contributed by atoms with Gasteiger partial charge in [0.25, 0.3) is 0 Å². The second kappa shape index (κ2) is 4.46. The van der Waals surface area contributed by atoms with Gasteiger partial charge >= 0.3 is 5.91 Å². The molecule has 1 atom stereocenters. The summed E-state index contributed by atoms with van der Waals surface area (Å²) >= 11 is 9.25. The number of hydrogen-bond acceptors (Lipinski definition) is 4. The van der Waals surface area contributed by atoms with Crippen molar-refractivity contribution in [2.24, 2.45) is 0 Å². The monoisotopic (exact) mass is 201 g/mol. The molecule has 0 radical (unpaired) electrons. The van der Waals surface area contributed by atoms with Crippen LogP contribution in [0.3, 0.4) is 0 Å². The first-order valence-corrected chi connectivity index (χ1v) is 4.08. The van der Waals surface area contributed by atoms with Gasteiger partial charge in [-0.25, -0.2) is 14.2 Å². The Bertz CT molecular complexity index is 267. The summed E-state index contributed by atoms with van der Waals surface area (Å²) in [5.41, 5.74) is 0.337. The van der Waals surface area contributed by atoms with Gasteiger partial charge in [0.1, 0.15) is 0 Å². The Hall–Kier alpha value is -0.560. The second-order valence-corrected chi connectivity index (χ2v) is 2.70. The molecule has 0 saturated carbocycles. The standard InChI is InChI=1S/C6H7N3OS2/c10-6(9(12)8-11)5-3-1-2-4-7-5/h1-4,9H,8H2. The minimum atomic E-state index is -0.291. The molecule has 0 aliphatic rings. The number of nitrogens with two attached hydrogens (primary N) is 1. The maximum atomic E-state index is 11.3. The minimum absolute atomic E-state index is 0.128. The van der Waals surface area contributed by atoms with Gasteiger partial charge in [0.15, 0.2) is 5.69 Å². The van der Waals surface area contributed by atoms with Gasteiger partial charge in [0.2, 0.25) is 0 Å². The molecule has 1 unspecified atom stereocenters. The van der Waals surface area contributed by atoms with Gasteiger partial charge in [-0.15, -0.1) is 0 Å². The van der Waals surface area contributed by atoms with Crippen LogP contribution in [0.25, 0.3) is 0 Å². The van der Waals surface area contributed by atoms with Crippen molar-refractivity contribution in [3.8, 4) is 0 Å². The molecule has 0 fully saturated rings. The smallest absolute Gasteiger partial charge is 0.389 e. The van der Waals surface area contributed by atoms with Gasteiger partial charge in [-0.1, -0.05) is 6.07 Å². The number of aromatic nitrogens is 1. The lowest BCUT2D eigenvalue weighted by atomic mass is 10.3. The normalized spacial score (nSPS) is 12.5. The molecule has 1 amide bonds. The van der Waals surface area contributed by atoms with E-state index in [0.29, 0.717) is 5.69 Å². The highest BCUT2D eigenvalue weighted by atomic mass is 32.1. The van der Waals surface area contributed by atoms with E-state index in [1.165, 1.54) is 4.83 Å². The maximum Gasteiger partial charge on any atom is 0.389 e. The third kappa shape index (κ3) is 2.21. The van der Waals surface area contributed by atoms with Crippen LogP contribution in [-0.2, 0) is 25.6 Å². The van der Waals surface area contributed by atoms with Gasteiger partial charge in [0.05, 0.1) is 0 Å². The molecule has 4 nitrogen and oxygen atoms in total. The summed E-state index contributed by atoms with van der Waals surface area (Å²) in [7, 11) is 0. The maximum absolute atomic E-state index is 11.3. The predicted molar refractivity (Wildman–Crippen MR) is 46.2 cm³/mol. The molecule has 0 bridgehead atoms. The number of carbonyl (C=O) groups is 1. The van der Waals surface area contributed by atoms with Crippen molar-refractivity contribution in [2.45, 2.75) is 0 Å². The molecule has 1 heterocycles. The number of nitrogen functional groups attached to an aromatic ring is 1. The molecule has 0 spiro atoms. The summed E-state index contributed by atoms with van der Waals surface area (Å²) in [6.07, 6.45) is 1.54. The largest absolute Gasteiger partial charge is 0.437 e. The summed E-state index contributed by atoms with van der Waals surface area (Å²) in [5, 5.41) is 0. The van der Waals surface area contributed by atoms with E-state index >= 15 is 0 Å². The molecule has 0 aromatic carbocycles. The molecule has 1 aromatic heterocycles. The fourth-order valence-corrected chi connectivity index (χ4v) is 0.888. The van der Waals surface area contributed by atoms with Crippen LogP contribution in [0.2, 0.25) is 0 Å². The van der Waals surface area contributed by atoms with Crippen molar-refractivity contribution in [2.75, 3.05) is 0 Å². The Kier molecular flexibility index (Phi) is 3.54. The Morgan fingerprint density at radius 2 is 2.33 bits per heavy atom. The van der Waals surface area contributed by atoms with Gasteiger partial charge in [-0.2, -0.15) is 0 Å². The third-order valence-electron chi connectivity index (χ3n) is 1.23. The number of nitrogens with one attached hydrogen (secondary N) is 1. The van der Waals surface area contributed by atoms with E-state index in [2.05, 4.69) is 17.8 Å². The van der Waals surface area contributed by atoms with E-state index < -0.39 is 0 Å². The average Bonchev–Trinajstić information content (AvgIpc) is 2.17. The zero-order valence-electron chi connectivity index (χ0n) is 6.06. The average molecular weight is 201 g/mol. The van der Waals surface area contributed by atoms with Crippen LogP contribution in [0.1, 0.15) is 10.5 Å². The van der Waals surface area contributed by atoms with Gasteiger partial charge in [-0.05, 0) is 12.1 Å². The van der Waals surface area contributed by atoms with E-state index in [1.54, 1.807) is 24.4 Å². The highest BCUT2D eigenvalue weighted by molar-refractivity contribution is 7.53. The predicted octanol–water partition coefficient (Wildman–Crippen LogP) is -2.49. The number of pyridine rings is 1. The summed E-state index contributed by atoms with van der Waals surface area (Å²) in [6, 6.07) is 5.07. The number of carbonyl (C=O) groups excluding carboxylic acids is 1. The number of quaternary nitrogens is 2. The fraction of sp³-hybridized carbons (Fsp3) is 0. The van der Waals surface area contributed by atoms with E-state index in [4.69, 9.17) is 12.8 Å². The first-order valence-electron chi connectivity index (χ1n) is 3.20. The molecule has 0 aliphatic carbocycles. The van der Waals surface area contributed by atoms with Gasteiger partial charge in [-0.3, -0.25) is 0 Å². The molecule has 0 saturated heterocycles. The van der Waals surface area contributed by atoms with E-state index in [9.17, 15) is 4.79 Å². The first-order chi connectivity index (χ1) is 5.75. The zero-order chi connectivity index (χ0) is 8.97. The summed E-state index contributed by atoms with van der Waals surface area (Å²) < 4.78 is 0.128. The van der Waals surface area contributed by atoms with Crippen molar-refractivity contribution in [3.63, 3.8) is 0 Å². The quantitative estimate of drug-likeness (QED) is 0.241. The molecular formula is C6H7N3OS2. The zero-order valence-corrected chi connectivity index (χ0v) is 7.69. The lowest BCUT2D eigenvalue weighted by molar-refractivity contribution is -1.21. The molecule has 1 aromatic rings. The number of hydrogen-bond donors (Lipinski definition) is 2. The molecule has 12 heavy (non-hydrogen) atoms. The van der Waals surface area contributed by atoms with Gasteiger partial charge in [0, 0.05) is 6.20 Å². The van der Waals surface area contributed by atoms with E-state index in [-0.39, 0.29) is 10.3 Å². The Morgan fingerprint density at radius 3 is 2.83 bits per heavy atom. The third-order valence-corrected chi connectivity index (χ3v) is 1.92. The molecule has 0 aliphatic heterocycles. The van der Waals surface area contributed by atoms with Crippen LogP contribution in [0.4, 0.5) is 0 Å². The van der Waals surface area contributed by atoms with E-state index in [0.717, 1.165) is 0 Å².